The first kappa shape index (κ1) is 12.0. The third-order valence-electron chi connectivity index (χ3n) is 2.27. The molecular weight excluding hydrogens is 238 g/mol. The lowest BCUT2D eigenvalue weighted by molar-refractivity contribution is -0.110. The van der Waals surface area contributed by atoms with Crippen molar-refractivity contribution >= 4 is 28.2 Å². The van der Waals surface area contributed by atoms with E-state index in [0.29, 0.717) is 17.5 Å². The van der Waals surface area contributed by atoms with Crippen LogP contribution in [0.3, 0.4) is 0 Å². The van der Waals surface area contributed by atoms with E-state index >= 15 is 0 Å². The highest BCUT2D eigenvalue weighted by atomic mass is 32.1. The van der Waals surface area contributed by atoms with E-state index in [1.807, 2.05) is 6.92 Å². The zero-order valence-electron chi connectivity index (χ0n) is 9.86. The fourth-order valence-electron chi connectivity index (χ4n) is 1.47. The maximum absolute atomic E-state index is 11.8. The number of amidine groups is 1. The Morgan fingerprint density at radius 1 is 1.59 bits per heavy atom. The molecule has 0 radical (unpaired) electrons. The first-order valence-electron chi connectivity index (χ1n) is 5.63. The number of nitrogens with zero attached hydrogens (tertiary/aromatic N) is 3. The van der Waals surface area contributed by atoms with Crippen LogP contribution in [0.1, 0.15) is 25.3 Å². The minimum atomic E-state index is -0.242. The molecule has 1 amide bonds. The molecule has 0 saturated carbocycles. The lowest BCUT2D eigenvalue weighted by Crippen LogP contribution is -2.36. The van der Waals surface area contributed by atoms with Crippen LogP contribution in [0.4, 0.5) is 5.13 Å². The first-order chi connectivity index (χ1) is 8.19. The Balaban J connectivity index is 1.93. The molecule has 1 atom stereocenters. The molecule has 1 unspecified atom stereocenters. The molecule has 0 saturated heterocycles. The van der Waals surface area contributed by atoms with Crippen molar-refractivity contribution in [2.45, 2.75) is 32.7 Å². The summed E-state index contributed by atoms with van der Waals surface area (Å²) in [6.07, 6.45) is 1.91. The van der Waals surface area contributed by atoms with Gasteiger partial charge >= 0.3 is 0 Å². The van der Waals surface area contributed by atoms with E-state index in [-0.39, 0.29) is 11.9 Å². The molecule has 7 heteroatoms. The van der Waals surface area contributed by atoms with E-state index in [4.69, 9.17) is 0 Å². The smallest absolute Gasteiger partial charge is 0.292 e. The van der Waals surface area contributed by atoms with Crippen LogP contribution in [0.5, 0.6) is 0 Å². The number of nitrogens with one attached hydrogen (secondary N) is 2. The SMILES string of the molecule is CCCc1nnc(NC(=O)C2=NCC(C)N2)s1. The van der Waals surface area contributed by atoms with Crippen molar-refractivity contribution in [3.63, 3.8) is 0 Å². The predicted molar refractivity (Wildman–Crippen MR) is 67.4 cm³/mol. The molecule has 0 aliphatic carbocycles. The second kappa shape index (κ2) is 5.22. The summed E-state index contributed by atoms with van der Waals surface area (Å²) >= 11 is 1.41. The van der Waals surface area contributed by atoms with Crippen LogP contribution in [0, 0.1) is 0 Å². The zero-order valence-corrected chi connectivity index (χ0v) is 10.7. The zero-order chi connectivity index (χ0) is 12.3. The van der Waals surface area contributed by atoms with Gasteiger partial charge in [-0.25, -0.2) is 0 Å². The van der Waals surface area contributed by atoms with Crippen molar-refractivity contribution in [1.82, 2.24) is 15.5 Å². The Bertz CT molecular complexity index is 442. The van der Waals surface area contributed by atoms with Crippen LogP contribution < -0.4 is 10.6 Å². The quantitative estimate of drug-likeness (QED) is 0.832. The van der Waals surface area contributed by atoms with Crippen LogP contribution in [-0.4, -0.2) is 34.5 Å². The van der Waals surface area contributed by atoms with Gasteiger partial charge in [0, 0.05) is 12.5 Å². The minimum absolute atomic E-state index is 0.223. The number of hydrogen-bond donors (Lipinski definition) is 2. The normalized spacial score (nSPS) is 18.7. The number of hydrogen-bond acceptors (Lipinski definition) is 6. The van der Waals surface area contributed by atoms with E-state index in [2.05, 4.69) is 32.7 Å². The highest BCUT2D eigenvalue weighted by Crippen LogP contribution is 2.16. The number of aryl methyl sites for hydroxylation is 1. The van der Waals surface area contributed by atoms with Crippen LogP contribution in [0.15, 0.2) is 4.99 Å². The molecule has 17 heavy (non-hydrogen) atoms. The van der Waals surface area contributed by atoms with E-state index in [1.165, 1.54) is 11.3 Å². The summed E-state index contributed by atoms with van der Waals surface area (Å²) in [6.45, 7) is 4.70. The number of carbonyl (C=O) groups is 1. The van der Waals surface area contributed by atoms with E-state index in [9.17, 15) is 4.79 Å². The Morgan fingerprint density at radius 3 is 3.06 bits per heavy atom. The summed E-state index contributed by atoms with van der Waals surface area (Å²) in [7, 11) is 0. The first-order valence-corrected chi connectivity index (χ1v) is 6.45. The topological polar surface area (TPSA) is 79.3 Å². The predicted octanol–water partition coefficient (Wildman–Crippen LogP) is 0.819. The Labute approximate surface area is 104 Å². The van der Waals surface area contributed by atoms with Crippen LogP contribution in [-0.2, 0) is 11.2 Å². The van der Waals surface area contributed by atoms with Gasteiger partial charge in [0.2, 0.25) is 5.13 Å². The second-order valence-electron chi connectivity index (χ2n) is 3.94. The van der Waals surface area contributed by atoms with E-state index < -0.39 is 0 Å². The number of amides is 1. The molecule has 1 aromatic rings. The molecule has 1 aliphatic rings. The van der Waals surface area contributed by atoms with Gasteiger partial charge < -0.3 is 5.32 Å². The molecule has 92 valence electrons. The molecule has 1 aliphatic heterocycles. The maximum Gasteiger partial charge on any atom is 0.292 e. The van der Waals surface area contributed by atoms with Crippen molar-refractivity contribution < 1.29 is 4.79 Å². The van der Waals surface area contributed by atoms with Crippen molar-refractivity contribution in [1.29, 1.82) is 0 Å². The molecule has 0 fully saturated rings. The molecule has 6 nitrogen and oxygen atoms in total. The van der Waals surface area contributed by atoms with Crippen LogP contribution in [0.25, 0.3) is 0 Å². The maximum atomic E-state index is 11.8. The Kier molecular flexibility index (Phi) is 3.68. The lowest BCUT2D eigenvalue weighted by Gasteiger charge is -2.04. The van der Waals surface area contributed by atoms with Gasteiger partial charge in [-0.15, -0.1) is 10.2 Å². The van der Waals surface area contributed by atoms with Crippen molar-refractivity contribution in [2.24, 2.45) is 4.99 Å². The Morgan fingerprint density at radius 2 is 2.41 bits per heavy atom. The lowest BCUT2D eigenvalue weighted by atomic mass is 10.4. The minimum Gasteiger partial charge on any atom is -0.361 e. The van der Waals surface area contributed by atoms with Crippen molar-refractivity contribution in [3.8, 4) is 0 Å². The van der Waals surface area contributed by atoms with Gasteiger partial charge in [0.05, 0.1) is 6.54 Å². The number of aliphatic imine (C=N–C) groups is 1. The highest BCUT2D eigenvalue weighted by Gasteiger charge is 2.20. The molecule has 0 bridgehead atoms. The van der Waals surface area contributed by atoms with Crippen LogP contribution >= 0.6 is 11.3 Å². The van der Waals surface area contributed by atoms with Gasteiger partial charge in [-0.05, 0) is 13.3 Å². The molecule has 1 aromatic heterocycles. The molecule has 0 spiro atoms. The summed E-state index contributed by atoms with van der Waals surface area (Å²) in [4.78, 5) is 15.9. The number of rotatable bonds is 4. The molecule has 2 rings (SSSR count). The molecule has 0 aromatic carbocycles. The summed E-state index contributed by atoms with van der Waals surface area (Å²) in [5, 5.41) is 15.1. The summed E-state index contributed by atoms with van der Waals surface area (Å²) in [5.74, 6) is 0.137. The van der Waals surface area contributed by atoms with E-state index in [0.717, 1.165) is 17.8 Å². The molecule has 2 heterocycles. The number of anilines is 1. The average molecular weight is 253 g/mol. The number of carbonyl (C=O) groups excluding carboxylic acids is 1. The fourth-order valence-corrected chi connectivity index (χ4v) is 2.30. The molecule has 2 N–H and O–H groups in total. The van der Waals surface area contributed by atoms with Crippen LogP contribution in [0.2, 0.25) is 0 Å². The second-order valence-corrected chi connectivity index (χ2v) is 5.00. The van der Waals surface area contributed by atoms with E-state index in [1.54, 1.807) is 0 Å². The number of aromatic nitrogens is 2. The Hall–Kier alpha value is -1.50. The summed E-state index contributed by atoms with van der Waals surface area (Å²) < 4.78 is 0. The molecular formula is C10H15N5OS. The van der Waals surface area contributed by atoms with Crippen molar-refractivity contribution in [2.75, 3.05) is 11.9 Å². The van der Waals surface area contributed by atoms with Gasteiger partial charge in [0.15, 0.2) is 5.84 Å². The van der Waals surface area contributed by atoms with Gasteiger partial charge in [0.25, 0.3) is 5.91 Å². The summed E-state index contributed by atoms with van der Waals surface area (Å²) in [6, 6.07) is 0.223. The van der Waals surface area contributed by atoms with Gasteiger partial charge in [-0.2, -0.15) is 0 Å². The van der Waals surface area contributed by atoms with Gasteiger partial charge in [-0.1, -0.05) is 18.3 Å². The fraction of sp³-hybridized carbons (Fsp3) is 0.600. The highest BCUT2D eigenvalue weighted by molar-refractivity contribution is 7.15. The monoisotopic (exact) mass is 253 g/mol. The van der Waals surface area contributed by atoms with Crippen molar-refractivity contribution in [3.05, 3.63) is 5.01 Å². The largest absolute Gasteiger partial charge is 0.361 e. The van der Waals surface area contributed by atoms with Gasteiger partial charge in [0.1, 0.15) is 5.01 Å². The third-order valence-corrected chi connectivity index (χ3v) is 3.17. The van der Waals surface area contributed by atoms with Gasteiger partial charge in [-0.3, -0.25) is 15.1 Å². The summed E-state index contributed by atoms with van der Waals surface area (Å²) in [5.41, 5.74) is 0. The third kappa shape index (κ3) is 3.00. The standard InChI is InChI=1S/C10H15N5OS/c1-3-4-7-14-15-10(17-7)13-9(16)8-11-5-6(2)12-8/h6H,3-5H2,1-2H3,(H,11,12)(H,13,15,16). The average Bonchev–Trinajstić information content (AvgIpc) is 2.88.